The number of hydrogen-bond donors (Lipinski definition) is 1. The van der Waals surface area contributed by atoms with E-state index in [1.807, 2.05) is 54.6 Å². The predicted molar refractivity (Wildman–Crippen MR) is 120 cm³/mol. The third-order valence-electron chi connectivity index (χ3n) is 4.65. The van der Waals surface area contributed by atoms with Crippen molar-refractivity contribution in [2.24, 2.45) is 0 Å². The van der Waals surface area contributed by atoms with Gasteiger partial charge in [-0.1, -0.05) is 54.6 Å². The molecule has 0 saturated heterocycles. The van der Waals surface area contributed by atoms with Gasteiger partial charge in [0, 0.05) is 0 Å². The van der Waals surface area contributed by atoms with Gasteiger partial charge in [-0.3, -0.25) is 4.55 Å². The largest absolute Gasteiger partial charge is 0.457 e. The Morgan fingerprint density at radius 1 is 0.828 bits per heavy atom. The lowest BCUT2D eigenvalue weighted by atomic mass is 10.1. The van der Waals surface area contributed by atoms with E-state index >= 15 is 0 Å². The van der Waals surface area contributed by atoms with Crippen LogP contribution in [-0.4, -0.2) is 18.0 Å². The number of hydrogen-bond acceptors (Lipinski definition) is 3. The van der Waals surface area contributed by atoms with Crippen LogP contribution in [0.2, 0.25) is 0 Å². The molecule has 2 unspecified atom stereocenters. The van der Waals surface area contributed by atoms with E-state index in [9.17, 15) is 8.42 Å². The second-order valence-electron chi connectivity index (χ2n) is 7.00. The molecule has 6 heteroatoms. The zero-order chi connectivity index (χ0) is 20.7. The number of ether oxygens (including phenoxy) is 1. The molecule has 3 aromatic rings. The predicted octanol–water partition coefficient (Wildman–Crippen LogP) is 5.48. The Bertz CT molecular complexity index is 1020. The lowest BCUT2D eigenvalue weighted by Crippen LogP contribution is -2.13. The lowest BCUT2D eigenvalue weighted by molar-refractivity contribution is 0.475. The van der Waals surface area contributed by atoms with Crippen LogP contribution in [0.25, 0.3) is 0 Å². The van der Waals surface area contributed by atoms with Crippen LogP contribution in [0.1, 0.15) is 29.5 Å². The van der Waals surface area contributed by atoms with E-state index in [4.69, 9.17) is 9.29 Å². The maximum absolute atomic E-state index is 11.1. The van der Waals surface area contributed by atoms with Crippen molar-refractivity contribution in [2.75, 3.05) is 0 Å². The quantitative estimate of drug-likeness (QED) is 0.362. The van der Waals surface area contributed by atoms with E-state index in [2.05, 4.69) is 33.5 Å². The maximum atomic E-state index is 11.1. The van der Waals surface area contributed by atoms with Gasteiger partial charge in [0.1, 0.15) is 16.5 Å². The van der Waals surface area contributed by atoms with Crippen molar-refractivity contribution in [1.29, 1.82) is 0 Å². The van der Waals surface area contributed by atoms with Crippen molar-refractivity contribution in [2.45, 2.75) is 30.7 Å². The van der Waals surface area contributed by atoms with Gasteiger partial charge in [0.2, 0.25) is 0 Å². The standard InChI is InChI=1S/C23H25O4PS/c24-29(25,26)23(28)11-5-9-19-8-4-10-22(17-19)27-21-14-12-20(13-15-21)16-18-6-2-1-3-7-18/h1-4,6-8,10,12-15,17,23H,5,9,11,16,28H2,(H,24,25,26). The molecule has 0 amide bonds. The molecular weight excluding hydrogens is 403 g/mol. The first-order valence-electron chi connectivity index (χ1n) is 9.52. The van der Waals surface area contributed by atoms with Crippen LogP contribution in [0.15, 0.2) is 78.9 Å². The van der Waals surface area contributed by atoms with Crippen LogP contribution >= 0.6 is 9.24 Å². The van der Waals surface area contributed by atoms with Gasteiger partial charge in [-0.05, 0) is 66.6 Å². The first-order chi connectivity index (χ1) is 13.9. The fourth-order valence-corrected chi connectivity index (χ4v) is 3.76. The summed E-state index contributed by atoms with van der Waals surface area (Å²) in [6.45, 7) is 0. The van der Waals surface area contributed by atoms with Crippen molar-refractivity contribution < 1.29 is 17.7 Å². The highest BCUT2D eigenvalue weighted by atomic mass is 32.2. The SMILES string of the molecule is O=S(=O)(O)C(P)CCCc1cccc(Oc2ccc(Cc3ccccc3)cc2)c1. The molecule has 152 valence electrons. The van der Waals surface area contributed by atoms with Gasteiger partial charge in [0.15, 0.2) is 0 Å². The lowest BCUT2D eigenvalue weighted by Gasteiger charge is -2.10. The Hall–Kier alpha value is -2.20. The summed E-state index contributed by atoms with van der Waals surface area (Å²) in [6, 6.07) is 26.2. The molecule has 0 aliphatic rings. The first-order valence-corrected chi connectivity index (χ1v) is 11.7. The van der Waals surface area contributed by atoms with Gasteiger partial charge >= 0.3 is 0 Å². The minimum Gasteiger partial charge on any atom is -0.457 e. The summed E-state index contributed by atoms with van der Waals surface area (Å²) in [5.74, 6) is 1.52. The molecule has 0 aliphatic carbocycles. The van der Waals surface area contributed by atoms with E-state index < -0.39 is 15.1 Å². The van der Waals surface area contributed by atoms with Gasteiger partial charge in [-0.15, -0.1) is 9.24 Å². The molecule has 0 fully saturated rings. The Balaban J connectivity index is 1.55. The fourth-order valence-electron chi connectivity index (χ4n) is 3.06. The van der Waals surface area contributed by atoms with Crippen molar-refractivity contribution in [1.82, 2.24) is 0 Å². The zero-order valence-electron chi connectivity index (χ0n) is 16.1. The average Bonchev–Trinajstić information content (AvgIpc) is 2.70. The molecule has 4 nitrogen and oxygen atoms in total. The smallest absolute Gasteiger partial charge is 0.271 e. The number of aryl methyl sites for hydroxylation is 1. The van der Waals surface area contributed by atoms with Crippen molar-refractivity contribution in [3.05, 3.63) is 95.6 Å². The monoisotopic (exact) mass is 428 g/mol. The van der Waals surface area contributed by atoms with Gasteiger partial charge in [-0.2, -0.15) is 8.42 Å². The Morgan fingerprint density at radius 3 is 2.17 bits per heavy atom. The molecule has 0 bridgehead atoms. The van der Waals surface area contributed by atoms with Crippen LogP contribution in [-0.2, 0) is 23.0 Å². The molecule has 0 radical (unpaired) electrons. The van der Waals surface area contributed by atoms with Crippen LogP contribution in [0.5, 0.6) is 11.5 Å². The van der Waals surface area contributed by atoms with Crippen LogP contribution < -0.4 is 4.74 Å². The molecule has 29 heavy (non-hydrogen) atoms. The van der Waals surface area contributed by atoms with Gasteiger partial charge < -0.3 is 4.74 Å². The first kappa shape index (κ1) is 21.5. The van der Waals surface area contributed by atoms with E-state index in [1.54, 1.807) is 0 Å². The zero-order valence-corrected chi connectivity index (χ0v) is 18.0. The van der Waals surface area contributed by atoms with Crippen LogP contribution in [0.3, 0.4) is 0 Å². The molecule has 0 saturated carbocycles. The Kier molecular flexibility index (Phi) is 7.43. The average molecular weight is 428 g/mol. The third-order valence-corrected chi connectivity index (χ3v) is 7.01. The molecule has 0 aliphatic heterocycles. The summed E-state index contributed by atoms with van der Waals surface area (Å²) in [7, 11) is -1.81. The van der Waals surface area contributed by atoms with Gasteiger partial charge in [0.05, 0.1) is 0 Å². The Morgan fingerprint density at radius 2 is 1.48 bits per heavy atom. The van der Waals surface area contributed by atoms with Crippen molar-refractivity contribution in [3.8, 4) is 11.5 Å². The van der Waals surface area contributed by atoms with E-state index in [-0.39, 0.29) is 0 Å². The molecule has 0 heterocycles. The highest BCUT2D eigenvalue weighted by molar-refractivity contribution is 7.90. The molecule has 0 aromatic heterocycles. The molecule has 3 rings (SSSR count). The van der Waals surface area contributed by atoms with Gasteiger partial charge in [-0.25, -0.2) is 0 Å². The van der Waals surface area contributed by atoms with E-state index in [0.717, 1.165) is 23.5 Å². The number of benzene rings is 3. The molecule has 3 aromatic carbocycles. The summed E-state index contributed by atoms with van der Waals surface area (Å²) < 4.78 is 37.1. The van der Waals surface area contributed by atoms with Crippen molar-refractivity contribution in [3.63, 3.8) is 0 Å². The number of rotatable bonds is 9. The normalized spacial score (nSPS) is 12.5. The molecule has 2 atom stereocenters. The highest BCUT2D eigenvalue weighted by Crippen LogP contribution is 2.24. The van der Waals surface area contributed by atoms with Gasteiger partial charge in [0.25, 0.3) is 10.1 Å². The summed E-state index contributed by atoms with van der Waals surface area (Å²) in [5.41, 5.74) is 3.56. The van der Waals surface area contributed by atoms with E-state index in [1.165, 1.54) is 11.1 Å². The highest BCUT2D eigenvalue weighted by Gasteiger charge is 2.16. The second-order valence-corrected chi connectivity index (χ2v) is 9.92. The minimum atomic E-state index is -3.99. The summed E-state index contributed by atoms with van der Waals surface area (Å²) in [4.78, 5) is -0.823. The topological polar surface area (TPSA) is 63.6 Å². The van der Waals surface area contributed by atoms with Crippen LogP contribution in [0, 0.1) is 0 Å². The molecule has 1 N–H and O–H groups in total. The molecular formula is C23H25O4PS. The van der Waals surface area contributed by atoms with Crippen molar-refractivity contribution >= 4 is 19.4 Å². The fraction of sp³-hybridized carbons (Fsp3) is 0.217. The minimum absolute atomic E-state index is 0.386. The molecule has 0 spiro atoms. The van der Waals surface area contributed by atoms with Crippen LogP contribution in [0.4, 0.5) is 0 Å². The summed E-state index contributed by atoms with van der Waals surface area (Å²) in [5, 5.41) is 0. The Labute approximate surface area is 174 Å². The maximum Gasteiger partial charge on any atom is 0.271 e. The second kappa shape index (κ2) is 10.0. The summed E-state index contributed by atoms with van der Waals surface area (Å²) in [6.07, 6.45) is 2.65. The van der Waals surface area contributed by atoms with E-state index in [0.29, 0.717) is 19.3 Å². The third kappa shape index (κ3) is 6.97. The summed E-state index contributed by atoms with van der Waals surface area (Å²) >= 11 is 0.